The molecular weight excluding hydrogens is 216 g/mol. The summed E-state index contributed by atoms with van der Waals surface area (Å²) in [7, 11) is 0. The summed E-state index contributed by atoms with van der Waals surface area (Å²) in [6, 6.07) is 10.6. The third kappa shape index (κ3) is 1.55. The number of benzene rings is 1. The second-order valence-electron chi connectivity index (χ2n) is 3.97. The Labute approximate surface area is 98.3 Å². The van der Waals surface area contributed by atoms with Crippen molar-refractivity contribution in [3.8, 4) is 0 Å². The van der Waals surface area contributed by atoms with E-state index in [0.29, 0.717) is 0 Å². The van der Waals surface area contributed by atoms with Gasteiger partial charge in [0.1, 0.15) is 5.58 Å². The quantitative estimate of drug-likeness (QED) is 0.634. The van der Waals surface area contributed by atoms with Gasteiger partial charge in [-0.3, -0.25) is 0 Å². The summed E-state index contributed by atoms with van der Waals surface area (Å²) in [6.45, 7) is 2.08. The molecule has 0 atom stereocenters. The zero-order valence-corrected chi connectivity index (χ0v) is 9.88. The molecule has 16 heavy (non-hydrogen) atoms. The lowest BCUT2D eigenvalue weighted by atomic mass is 10.1. The van der Waals surface area contributed by atoms with Crippen molar-refractivity contribution in [1.29, 1.82) is 0 Å². The third-order valence-electron chi connectivity index (χ3n) is 2.82. The lowest BCUT2D eigenvalue weighted by Crippen LogP contribution is -1.84. The molecule has 0 aliphatic heterocycles. The summed E-state index contributed by atoms with van der Waals surface area (Å²) in [5.41, 5.74) is 3.52. The highest BCUT2D eigenvalue weighted by atomic mass is 32.1. The van der Waals surface area contributed by atoms with Crippen LogP contribution in [0.25, 0.3) is 11.0 Å². The number of aryl methyl sites for hydroxylation is 1. The predicted octanol–water partition coefficient (Wildman–Crippen LogP) is 4.39. The molecule has 3 aromatic rings. The van der Waals surface area contributed by atoms with Gasteiger partial charge in [-0.1, -0.05) is 24.3 Å². The van der Waals surface area contributed by atoms with E-state index in [1.54, 1.807) is 11.3 Å². The maximum Gasteiger partial charge on any atom is 0.137 e. The van der Waals surface area contributed by atoms with Crippen LogP contribution in [-0.2, 0) is 6.42 Å². The first-order chi connectivity index (χ1) is 7.84. The molecule has 0 spiro atoms. The molecule has 0 bridgehead atoms. The number of rotatable bonds is 2. The van der Waals surface area contributed by atoms with Gasteiger partial charge in [-0.25, -0.2) is 0 Å². The summed E-state index contributed by atoms with van der Waals surface area (Å²) >= 11 is 1.79. The highest BCUT2D eigenvalue weighted by Gasteiger charge is 2.07. The molecule has 1 nitrogen and oxygen atoms in total. The van der Waals surface area contributed by atoms with Crippen molar-refractivity contribution in [2.75, 3.05) is 0 Å². The number of fused-ring (bicyclic) bond motifs is 1. The molecule has 0 aliphatic rings. The fourth-order valence-electron chi connectivity index (χ4n) is 1.99. The third-order valence-corrected chi connectivity index (χ3v) is 3.70. The number of para-hydroxylation sites is 1. The molecule has 3 rings (SSSR count). The van der Waals surface area contributed by atoms with Crippen molar-refractivity contribution < 1.29 is 4.42 Å². The van der Waals surface area contributed by atoms with E-state index >= 15 is 0 Å². The van der Waals surface area contributed by atoms with Gasteiger partial charge in [-0.05, 0) is 23.9 Å². The van der Waals surface area contributed by atoms with E-state index in [1.165, 1.54) is 21.4 Å². The molecule has 2 heterocycles. The molecule has 2 heteroatoms. The van der Waals surface area contributed by atoms with Crippen LogP contribution >= 0.6 is 11.3 Å². The highest BCUT2D eigenvalue weighted by molar-refractivity contribution is 7.09. The Balaban J connectivity index is 2.10. The lowest BCUT2D eigenvalue weighted by molar-refractivity contribution is 0.609. The first-order valence-electron chi connectivity index (χ1n) is 5.32. The Hall–Kier alpha value is -1.54. The zero-order valence-electron chi connectivity index (χ0n) is 9.07. The Kier molecular flexibility index (Phi) is 2.29. The summed E-state index contributed by atoms with van der Waals surface area (Å²) in [4.78, 5) is 1.38. The van der Waals surface area contributed by atoms with Crippen LogP contribution in [0, 0.1) is 6.92 Å². The predicted molar refractivity (Wildman–Crippen MR) is 68.1 cm³/mol. The number of hydrogen-bond donors (Lipinski definition) is 0. The topological polar surface area (TPSA) is 13.1 Å². The lowest BCUT2D eigenvalue weighted by Gasteiger charge is -2.00. The van der Waals surface area contributed by atoms with Crippen LogP contribution in [0.4, 0.5) is 0 Å². The van der Waals surface area contributed by atoms with Crippen molar-refractivity contribution >= 4 is 22.3 Å². The maximum absolute atomic E-state index is 5.63. The number of furan rings is 1. The van der Waals surface area contributed by atoms with Gasteiger partial charge in [0.25, 0.3) is 0 Å². The van der Waals surface area contributed by atoms with Crippen LogP contribution in [0.1, 0.15) is 16.0 Å². The molecular formula is C14H12OS. The minimum absolute atomic E-state index is 0.960. The molecule has 0 saturated heterocycles. The minimum atomic E-state index is 0.960. The average Bonchev–Trinajstić information content (AvgIpc) is 2.90. The summed E-state index contributed by atoms with van der Waals surface area (Å²) in [6.07, 6.45) is 2.80. The van der Waals surface area contributed by atoms with E-state index in [9.17, 15) is 0 Å². The number of thiophene rings is 1. The molecule has 0 saturated carbocycles. The molecule has 0 N–H and O–H groups in total. The monoisotopic (exact) mass is 228 g/mol. The van der Waals surface area contributed by atoms with Crippen molar-refractivity contribution in [2.24, 2.45) is 0 Å². The molecule has 1 aromatic carbocycles. The Morgan fingerprint density at radius 3 is 2.94 bits per heavy atom. The van der Waals surface area contributed by atoms with Crippen LogP contribution in [0.2, 0.25) is 0 Å². The van der Waals surface area contributed by atoms with Gasteiger partial charge in [-0.15, -0.1) is 11.3 Å². The maximum atomic E-state index is 5.63. The average molecular weight is 228 g/mol. The molecule has 80 valence electrons. The first-order valence-corrected chi connectivity index (χ1v) is 6.20. The van der Waals surface area contributed by atoms with Gasteiger partial charge in [0.05, 0.1) is 6.26 Å². The van der Waals surface area contributed by atoms with Crippen LogP contribution in [0.3, 0.4) is 0 Å². The van der Waals surface area contributed by atoms with Crippen LogP contribution in [0.15, 0.2) is 46.4 Å². The largest absolute Gasteiger partial charge is 0.464 e. The Morgan fingerprint density at radius 1 is 1.19 bits per heavy atom. The van der Waals surface area contributed by atoms with Crippen LogP contribution in [-0.4, -0.2) is 0 Å². The number of hydrogen-bond acceptors (Lipinski definition) is 2. The van der Waals surface area contributed by atoms with E-state index < -0.39 is 0 Å². The van der Waals surface area contributed by atoms with E-state index in [-0.39, 0.29) is 0 Å². The molecule has 2 aromatic heterocycles. The normalized spacial score (nSPS) is 11.1. The Morgan fingerprint density at radius 2 is 2.12 bits per heavy atom. The van der Waals surface area contributed by atoms with Crippen molar-refractivity contribution in [2.45, 2.75) is 13.3 Å². The van der Waals surface area contributed by atoms with E-state index in [1.807, 2.05) is 6.26 Å². The standard InChI is InChI=1S/C14H12OS/c1-10-9-15-14-11(4-2-6-13(10)14)8-12-5-3-7-16-12/h2-7,9H,8H2,1H3. The van der Waals surface area contributed by atoms with Gasteiger partial charge in [0.2, 0.25) is 0 Å². The fourth-order valence-corrected chi connectivity index (χ4v) is 2.71. The zero-order chi connectivity index (χ0) is 11.0. The van der Waals surface area contributed by atoms with Gasteiger partial charge in [0.15, 0.2) is 0 Å². The van der Waals surface area contributed by atoms with Crippen LogP contribution < -0.4 is 0 Å². The first kappa shape index (κ1) is 9.67. The minimum Gasteiger partial charge on any atom is -0.464 e. The molecule has 0 unspecified atom stereocenters. The summed E-state index contributed by atoms with van der Waals surface area (Å²) in [5.74, 6) is 0. The molecule has 0 radical (unpaired) electrons. The Bertz CT molecular complexity index is 605. The van der Waals surface area contributed by atoms with E-state index in [2.05, 4.69) is 42.6 Å². The second-order valence-corrected chi connectivity index (χ2v) is 5.00. The summed E-state index contributed by atoms with van der Waals surface area (Å²) in [5, 5.41) is 3.34. The van der Waals surface area contributed by atoms with Crippen molar-refractivity contribution in [3.05, 3.63) is 58.0 Å². The van der Waals surface area contributed by atoms with Gasteiger partial charge in [-0.2, -0.15) is 0 Å². The van der Waals surface area contributed by atoms with E-state index in [4.69, 9.17) is 4.42 Å². The van der Waals surface area contributed by atoms with E-state index in [0.717, 1.165) is 12.0 Å². The summed E-state index contributed by atoms with van der Waals surface area (Å²) < 4.78 is 5.63. The van der Waals surface area contributed by atoms with Crippen molar-refractivity contribution in [3.63, 3.8) is 0 Å². The highest BCUT2D eigenvalue weighted by Crippen LogP contribution is 2.26. The molecule has 0 aliphatic carbocycles. The van der Waals surface area contributed by atoms with Gasteiger partial charge >= 0.3 is 0 Å². The smallest absolute Gasteiger partial charge is 0.137 e. The van der Waals surface area contributed by atoms with Gasteiger partial charge < -0.3 is 4.42 Å². The SMILES string of the molecule is Cc1coc2c(Cc3cccs3)cccc12. The van der Waals surface area contributed by atoms with Gasteiger partial charge in [0, 0.05) is 22.2 Å². The second kappa shape index (κ2) is 3.80. The fraction of sp³-hybridized carbons (Fsp3) is 0.143. The molecule has 0 fully saturated rings. The van der Waals surface area contributed by atoms with Crippen LogP contribution in [0.5, 0.6) is 0 Å². The van der Waals surface area contributed by atoms with Crippen molar-refractivity contribution in [1.82, 2.24) is 0 Å². The molecule has 0 amide bonds.